The minimum absolute atomic E-state index is 0.0939. The van der Waals surface area contributed by atoms with Gasteiger partial charge in [-0.05, 0) is 24.1 Å². The normalized spacial score (nSPS) is 11.1. The number of carbonyl (C=O) groups excluding carboxylic acids is 1. The van der Waals surface area contributed by atoms with Gasteiger partial charge in [0.1, 0.15) is 11.6 Å². The summed E-state index contributed by atoms with van der Waals surface area (Å²) in [5.74, 6) is 0.197. The van der Waals surface area contributed by atoms with Crippen LogP contribution < -0.4 is 0 Å². The minimum atomic E-state index is -0.502. The van der Waals surface area contributed by atoms with Crippen LogP contribution >= 0.6 is 11.3 Å². The number of nitrogens with zero attached hydrogens (tertiary/aromatic N) is 3. The van der Waals surface area contributed by atoms with Gasteiger partial charge in [0.25, 0.3) is 5.89 Å². The molecule has 0 atom stereocenters. The summed E-state index contributed by atoms with van der Waals surface area (Å²) in [7, 11) is 0. The molecule has 0 unspecified atom stereocenters. The van der Waals surface area contributed by atoms with E-state index in [9.17, 15) is 4.79 Å². The molecule has 2 aromatic heterocycles. The standard InChI is InChI=1S/C21H19N3O4S/c1-2-14-7-9-15(10-8-14)21-23-18(28-24-21)11-27-20(25)13-26-12-19-22-16-5-3-4-6-17(16)29-19/h3-10H,2,11-13H2,1H3. The van der Waals surface area contributed by atoms with Crippen molar-refractivity contribution in [1.29, 1.82) is 0 Å². The van der Waals surface area contributed by atoms with Crippen molar-refractivity contribution in [2.75, 3.05) is 6.61 Å². The average Bonchev–Trinajstić information content (AvgIpc) is 3.39. The number of thiazole rings is 1. The molecule has 0 N–H and O–H groups in total. The Bertz CT molecular complexity index is 1070. The molecule has 8 heteroatoms. The minimum Gasteiger partial charge on any atom is -0.454 e. The van der Waals surface area contributed by atoms with Crippen LogP contribution in [0.15, 0.2) is 53.1 Å². The molecule has 0 amide bonds. The molecule has 29 heavy (non-hydrogen) atoms. The summed E-state index contributed by atoms with van der Waals surface area (Å²) in [5, 5.41) is 4.74. The molecule has 0 aliphatic rings. The number of aromatic nitrogens is 3. The van der Waals surface area contributed by atoms with Crippen LogP contribution in [-0.4, -0.2) is 27.7 Å². The maximum absolute atomic E-state index is 11.9. The molecular weight excluding hydrogens is 390 g/mol. The largest absolute Gasteiger partial charge is 0.454 e. The molecule has 2 aromatic carbocycles. The number of esters is 1. The Morgan fingerprint density at radius 2 is 1.90 bits per heavy atom. The van der Waals surface area contributed by atoms with Gasteiger partial charge in [0.2, 0.25) is 5.82 Å². The van der Waals surface area contributed by atoms with E-state index in [0.717, 1.165) is 27.2 Å². The summed E-state index contributed by atoms with van der Waals surface area (Å²) in [6.07, 6.45) is 0.967. The lowest BCUT2D eigenvalue weighted by Gasteiger charge is -2.02. The third-order valence-electron chi connectivity index (χ3n) is 4.23. The third-order valence-corrected chi connectivity index (χ3v) is 5.24. The van der Waals surface area contributed by atoms with E-state index in [1.165, 1.54) is 5.56 Å². The fourth-order valence-corrected chi connectivity index (χ4v) is 3.61. The Hall–Kier alpha value is -3.10. The summed E-state index contributed by atoms with van der Waals surface area (Å²) >= 11 is 1.54. The molecule has 0 fully saturated rings. The Morgan fingerprint density at radius 1 is 1.07 bits per heavy atom. The highest BCUT2D eigenvalue weighted by Gasteiger charge is 2.12. The van der Waals surface area contributed by atoms with Gasteiger partial charge in [-0.2, -0.15) is 4.98 Å². The zero-order chi connectivity index (χ0) is 20.1. The lowest BCUT2D eigenvalue weighted by molar-refractivity contribution is -0.151. The molecule has 0 saturated heterocycles. The predicted octanol–water partition coefficient (Wildman–Crippen LogP) is 4.17. The number of benzene rings is 2. The van der Waals surface area contributed by atoms with Crippen LogP contribution in [0.1, 0.15) is 23.4 Å². The maximum atomic E-state index is 11.9. The molecular formula is C21H19N3O4S. The van der Waals surface area contributed by atoms with Gasteiger partial charge < -0.3 is 14.0 Å². The van der Waals surface area contributed by atoms with Crippen molar-refractivity contribution in [2.45, 2.75) is 26.6 Å². The van der Waals surface area contributed by atoms with Gasteiger partial charge >= 0.3 is 5.97 Å². The second-order valence-electron chi connectivity index (χ2n) is 6.29. The van der Waals surface area contributed by atoms with Gasteiger partial charge in [-0.1, -0.05) is 48.5 Å². The number of para-hydroxylation sites is 1. The first-order valence-electron chi connectivity index (χ1n) is 9.21. The summed E-state index contributed by atoms with van der Waals surface area (Å²) in [6.45, 7) is 2.09. The molecule has 148 valence electrons. The van der Waals surface area contributed by atoms with E-state index < -0.39 is 5.97 Å². The molecule has 7 nitrogen and oxygen atoms in total. The quantitative estimate of drug-likeness (QED) is 0.404. The van der Waals surface area contributed by atoms with Gasteiger partial charge in [0, 0.05) is 5.56 Å². The highest BCUT2D eigenvalue weighted by molar-refractivity contribution is 7.18. The summed E-state index contributed by atoms with van der Waals surface area (Å²) in [5.41, 5.74) is 3.01. The molecule has 4 aromatic rings. The second kappa shape index (κ2) is 8.93. The van der Waals surface area contributed by atoms with Crippen molar-refractivity contribution in [3.63, 3.8) is 0 Å². The molecule has 4 rings (SSSR count). The van der Waals surface area contributed by atoms with Crippen LogP contribution in [0.4, 0.5) is 0 Å². The van der Waals surface area contributed by atoms with E-state index in [-0.39, 0.29) is 25.7 Å². The van der Waals surface area contributed by atoms with Crippen molar-refractivity contribution in [1.82, 2.24) is 15.1 Å². The zero-order valence-electron chi connectivity index (χ0n) is 15.8. The van der Waals surface area contributed by atoms with Crippen LogP contribution in [0.2, 0.25) is 0 Å². The van der Waals surface area contributed by atoms with E-state index in [4.69, 9.17) is 14.0 Å². The molecule has 0 spiro atoms. The number of rotatable bonds is 8. The Morgan fingerprint density at radius 3 is 2.69 bits per heavy atom. The first-order chi connectivity index (χ1) is 14.2. The number of fused-ring (bicyclic) bond motifs is 1. The molecule has 2 heterocycles. The zero-order valence-corrected chi connectivity index (χ0v) is 16.6. The fourth-order valence-electron chi connectivity index (χ4n) is 2.71. The highest BCUT2D eigenvalue weighted by atomic mass is 32.1. The molecule has 0 aliphatic heterocycles. The number of hydrogen-bond acceptors (Lipinski definition) is 8. The Balaban J connectivity index is 1.23. The predicted molar refractivity (Wildman–Crippen MR) is 108 cm³/mol. The van der Waals surface area contributed by atoms with E-state index in [1.807, 2.05) is 48.5 Å². The lowest BCUT2D eigenvalue weighted by atomic mass is 10.1. The van der Waals surface area contributed by atoms with Crippen molar-refractivity contribution in [2.24, 2.45) is 0 Å². The number of ether oxygens (including phenoxy) is 2. The van der Waals surface area contributed by atoms with Crippen molar-refractivity contribution in [3.05, 3.63) is 65.0 Å². The van der Waals surface area contributed by atoms with Crippen LogP contribution in [0.25, 0.3) is 21.6 Å². The van der Waals surface area contributed by atoms with Crippen molar-refractivity contribution in [3.8, 4) is 11.4 Å². The monoisotopic (exact) mass is 409 g/mol. The van der Waals surface area contributed by atoms with Crippen LogP contribution in [0, 0.1) is 0 Å². The number of aryl methyl sites for hydroxylation is 1. The van der Waals surface area contributed by atoms with E-state index in [0.29, 0.717) is 5.82 Å². The average molecular weight is 409 g/mol. The summed E-state index contributed by atoms with van der Waals surface area (Å²) < 4.78 is 16.8. The first kappa shape index (κ1) is 19.2. The summed E-state index contributed by atoms with van der Waals surface area (Å²) in [6, 6.07) is 15.8. The summed E-state index contributed by atoms with van der Waals surface area (Å²) in [4.78, 5) is 20.6. The van der Waals surface area contributed by atoms with E-state index >= 15 is 0 Å². The van der Waals surface area contributed by atoms with E-state index in [1.54, 1.807) is 11.3 Å². The smallest absolute Gasteiger partial charge is 0.332 e. The van der Waals surface area contributed by atoms with Crippen LogP contribution in [-0.2, 0) is 33.9 Å². The van der Waals surface area contributed by atoms with Crippen molar-refractivity contribution >= 4 is 27.5 Å². The number of carbonyl (C=O) groups is 1. The fraction of sp³-hybridized carbons (Fsp3) is 0.238. The van der Waals surface area contributed by atoms with Crippen LogP contribution in [0.3, 0.4) is 0 Å². The van der Waals surface area contributed by atoms with Crippen LogP contribution in [0.5, 0.6) is 0 Å². The highest BCUT2D eigenvalue weighted by Crippen LogP contribution is 2.22. The maximum Gasteiger partial charge on any atom is 0.332 e. The Labute approximate surface area is 171 Å². The third kappa shape index (κ3) is 4.85. The molecule has 0 radical (unpaired) electrons. The van der Waals surface area contributed by atoms with Gasteiger partial charge in [-0.15, -0.1) is 11.3 Å². The molecule has 0 aliphatic carbocycles. The topological polar surface area (TPSA) is 87.3 Å². The Kier molecular flexibility index (Phi) is 5.92. The van der Waals surface area contributed by atoms with Crippen molar-refractivity contribution < 1.29 is 18.8 Å². The number of hydrogen-bond donors (Lipinski definition) is 0. The molecule has 0 saturated carbocycles. The van der Waals surface area contributed by atoms with E-state index in [2.05, 4.69) is 22.0 Å². The van der Waals surface area contributed by atoms with Gasteiger partial charge in [-0.25, -0.2) is 9.78 Å². The SMILES string of the molecule is CCc1ccc(-c2noc(COC(=O)COCc3nc4ccccc4s3)n2)cc1. The van der Waals surface area contributed by atoms with Gasteiger partial charge in [-0.3, -0.25) is 0 Å². The van der Waals surface area contributed by atoms with Gasteiger partial charge in [0.05, 0.1) is 16.8 Å². The lowest BCUT2D eigenvalue weighted by Crippen LogP contribution is -2.12. The van der Waals surface area contributed by atoms with Gasteiger partial charge in [0.15, 0.2) is 6.61 Å². The molecule has 0 bridgehead atoms. The first-order valence-corrected chi connectivity index (χ1v) is 10.0. The second-order valence-corrected chi connectivity index (χ2v) is 7.41.